The Bertz CT molecular complexity index is 667. The largest absolute Gasteiger partial charge is 0.399 e. The molecule has 1 aromatic carbocycles. The van der Waals surface area contributed by atoms with Crippen LogP contribution in [-0.2, 0) is 4.79 Å². The molecule has 1 aliphatic heterocycles. The van der Waals surface area contributed by atoms with Crippen LogP contribution >= 0.6 is 0 Å². The summed E-state index contributed by atoms with van der Waals surface area (Å²) in [6.45, 7) is 0.486. The number of H-pyrrole nitrogens is 1. The fourth-order valence-electron chi connectivity index (χ4n) is 2.45. The van der Waals surface area contributed by atoms with Crippen LogP contribution in [0.5, 0.6) is 0 Å². The van der Waals surface area contributed by atoms with Crippen LogP contribution in [0.1, 0.15) is 23.2 Å². The van der Waals surface area contributed by atoms with Crippen LogP contribution < -0.4 is 16.4 Å². The normalized spacial score (nSPS) is 18.8. The number of carbonyl (C=O) groups is 2. The van der Waals surface area contributed by atoms with Crippen molar-refractivity contribution in [1.82, 2.24) is 15.6 Å². The summed E-state index contributed by atoms with van der Waals surface area (Å²) in [5, 5.41) is 6.54. The Kier molecular flexibility index (Phi) is 3.06. The van der Waals surface area contributed by atoms with E-state index in [2.05, 4.69) is 15.6 Å². The molecule has 0 saturated carbocycles. The number of hydrogen-bond acceptors (Lipinski definition) is 3. The first-order chi connectivity index (χ1) is 9.63. The predicted octanol–water partition coefficient (Wildman–Crippen LogP) is 0.758. The topological polar surface area (TPSA) is 100 Å². The van der Waals surface area contributed by atoms with Crippen molar-refractivity contribution >= 4 is 28.4 Å². The molecule has 2 heterocycles. The fraction of sp³-hybridized carbons (Fsp3) is 0.286. The highest BCUT2D eigenvalue weighted by molar-refractivity contribution is 6.07. The summed E-state index contributed by atoms with van der Waals surface area (Å²) in [6.07, 6.45) is 2.81. The molecule has 1 aromatic heterocycles. The lowest BCUT2D eigenvalue weighted by atomic mass is 10.1. The zero-order chi connectivity index (χ0) is 14.1. The molecule has 1 atom stereocenters. The maximum absolute atomic E-state index is 12.3. The highest BCUT2D eigenvalue weighted by atomic mass is 16.2. The predicted molar refractivity (Wildman–Crippen MR) is 76.2 cm³/mol. The highest BCUT2D eigenvalue weighted by Crippen LogP contribution is 2.20. The number of carbonyl (C=O) groups excluding carboxylic acids is 2. The molecule has 0 aliphatic carbocycles. The average molecular weight is 272 g/mol. The lowest BCUT2D eigenvalue weighted by Gasteiger charge is -2.23. The van der Waals surface area contributed by atoms with Gasteiger partial charge < -0.3 is 21.4 Å². The molecule has 1 aliphatic rings. The first-order valence-electron chi connectivity index (χ1n) is 6.57. The van der Waals surface area contributed by atoms with Crippen molar-refractivity contribution in [3.8, 4) is 0 Å². The van der Waals surface area contributed by atoms with Gasteiger partial charge >= 0.3 is 0 Å². The Morgan fingerprint density at radius 1 is 1.40 bits per heavy atom. The number of aromatic nitrogens is 1. The number of nitrogens with two attached hydrogens (primary N) is 1. The first kappa shape index (κ1) is 12.5. The fourth-order valence-corrected chi connectivity index (χ4v) is 2.45. The molecule has 6 heteroatoms. The van der Waals surface area contributed by atoms with E-state index >= 15 is 0 Å². The van der Waals surface area contributed by atoms with Crippen molar-refractivity contribution in [1.29, 1.82) is 0 Å². The molecular formula is C14H16N4O2. The zero-order valence-electron chi connectivity index (χ0n) is 10.9. The first-order valence-corrected chi connectivity index (χ1v) is 6.57. The van der Waals surface area contributed by atoms with Crippen LogP contribution in [0.3, 0.4) is 0 Å². The van der Waals surface area contributed by atoms with E-state index < -0.39 is 0 Å². The number of anilines is 1. The molecule has 0 radical (unpaired) electrons. The number of fused-ring (bicyclic) bond motifs is 1. The summed E-state index contributed by atoms with van der Waals surface area (Å²) in [5.74, 6) is -0.0970. The molecule has 3 rings (SSSR count). The number of hydrogen-bond donors (Lipinski definition) is 4. The van der Waals surface area contributed by atoms with E-state index in [0.717, 1.165) is 10.9 Å². The van der Waals surface area contributed by atoms with Crippen molar-refractivity contribution in [3.63, 3.8) is 0 Å². The monoisotopic (exact) mass is 272 g/mol. The second kappa shape index (κ2) is 4.88. The Morgan fingerprint density at radius 3 is 3.00 bits per heavy atom. The summed E-state index contributed by atoms with van der Waals surface area (Å²) in [4.78, 5) is 26.4. The lowest BCUT2D eigenvalue weighted by molar-refractivity contribution is -0.122. The minimum Gasteiger partial charge on any atom is -0.399 e. The minimum atomic E-state index is -0.137. The third kappa shape index (κ3) is 2.32. The highest BCUT2D eigenvalue weighted by Gasteiger charge is 2.21. The van der Waals surface area contributed by atoms with E-state index in [4.69, 9.17) is 5.73 Å². The Morgan fingerprint density at radius 2 is 2.25 bits per heavy atom. The summed E-state index contributed by atoms with van der Waals surface area (Å²) in [6, 6.07) is 5.39. The standard InChI is InChI=1S/C14H16N4O2/c15-8-1-3-10-11(7-16-12(10)5-8)14(20)18-9-2-4-13(19)17-6-9/h1,3,5,7,9,16H,2,4,6,15H2,(H,17,19)(H,18,20). The van der Waals surface area contributed by atoms with E-state index in [-0.39, 0.29) is 17.9 Å². The van der Waals surface area contributed by atoms with Crippen molar-refractivity contribution in [2.45, 2.75) is 18.9 Å². The van der Waals surface area contributed by atoms with Crippen molar-refractivity contribution in [2.75, 3.05) is 12.3 Å². The number of piperidine rings is 1. The number of amides is 2. The van der Waals surface area contributed by atoms with Crippen LogP contribution in [0, 0.1) is 0 Å². The number of rotatable bonds is 2. The molecule has 1 fully saturated rings. The number of benzene rings is 1. The maximum Gasteiger partial charge on any atom is 0.253 e. The summed E-state index contributed by atoms with van der Waals surface area (Å²) in [7, 11) is 0. The SMILES string of the molecule is Nc1ccc2c(C(=O)NC3CCC(=O)NC3)c[nH]c2c1. The lowest BCUT2D eigenvalue weighted by Crippen LogP contribution is -2.47. The van der Waals surface area contributed by atoms with Crippen molar-refractivity contribution < 1.29 is 9.59 Å². The molecule has 1 saturated heterocycles. The van der Waals surface area contributed by atoms with Gasteiger partial charge in [-0.3, -0.25) is 9.59 Å². The quantitative estimate of drug-likeness (QED) is 0.607. The van der Waals surface area contributed by atoms with Crippen LogP contribution in [0.25, 0.3) is 10.9 Å². The van der Waals surface area contributed by atoms with Crippen LogP contribution in [0.15, 0.2) is 24.4 Å². The molecule has 6 nitrogen and oxygen atoms in total. The zero-order valence-corrected chi connectivity index (χ0v) is 10.9. The van der Waals surface area contributed by atoms with E-state index in [0.29, 0.717) is 30.6 Å². The van der Waals surface area contributed by atoms with Gasteiger partial charge in [0.2, 0.25) is 5.91 Å². The molecule has 2 amide bonds. The molecule has 1 unspecified atom stereocenters. The second-order valence-electron chi connectivity index (χ2n) is 5.02. The summed E-state index contributed by atoms with van der Waals surface area (Å²) < 4.78 is 0. The Hall–Kier alpha value is -2.50. The van der Waals surface area contributed by atoms with Gasteiger partial charge in [0.05, 0.1) is 5.56 Å². The number of aromatic amines is 1. The van der Waals surface area contributed by atoms with Gasteiger partial charge in [-0.2, -0.15) is 0 Å². The summed E-state index contributed by atoms with van der Waals surface area (Å²) in [5.41, 5.74) is 7.80. The third-order valence-electron chi connectivity index (χ3n) is 3.55. The van der Waals surface area contributed by atoms with Gasteiger partial charge in [0, 0.05) is 41.8 Å². The molecule has 0 bridgehead atoms. The van der Waals surface area contributed by atoms with E-state index in [1.165, 1.54) is 0 Å². The summed E-state index contributed by atoms with van der Waals surface area (Å²) >= 11 is 0. The van der Waals surface area contributed by atoms with Gasteiger partial charge in [0.15, 0.2) is 0 Å². The Labute approximate surface area is 115 Å². The number of nitrogen functional groups attached to an aromatic ring is 1. The maximum atomic E-state index is 12.3. The van der Waals surface area contributed by atoms with E-state index in [1.807, 2.05) is 6.07 Å². The van der Waals surface area contributed by atoms with Crippen LogP contribution in [0.2, 0.25) is 0 Å². The molecule has 104 valence electrons. The van der Waals surface area contributed by atoms with Gasteiger partial charge in [-0.15, -0.1) is 0 Å². The number of nitrogens with one attached hydrogen (secondary N) is 3. The molecular weight excluding hydrogens is 256 g/mol. The molecule has 20 heavy (non-hydrogen) atoms. The van der Waals surface area contributed by atoms with Gasteiger partial charge in [-0.05, 0) is 24.6 Å². The average Bonchev–Trinajstić information content (AvgIpc) is 2.84. The molecule has 5 N–H and O–H groups in total. The van der Waals surface area contributed by atoms with Gasteiger partial charge in [-0.25, -0.2) is 0 Å². The molecule has 0 spiro atoms. The second-order valence-corrected chi connectivity index (χ2v) is 5.02. The minimum absolute atomic E-state index is 0.0149. The smallest absolute Gasteiger partial charge is 0.253 e. The van der Waals surface area contributed by atoms with Crippen molar-refractivity contribution in [3.05, 3.63) is 30.0 Å². The van der Waals surface area contributed by atoms with Gasteiger partial charge in [0.1, 0.15) is 0 Å². The third-order valence-corrected chi connectivity index (χ3v) is 3.55. The molecule has 2 aromatic rings. The van der Waals surface area contributed by atoms with Crippen LogP contribution in [-0.4, -0.2) is 29.4 Å². The van der Waals surface area contributed by atoms with E-state index in [1.54, 1.807) is 18.3 Å². The van der Waals surface area contributed by atoms with Crippen molar-refractivity contribution in [2.24, 2.45) is 0 Å². The van der Waals surface area contributed by atoms with Crippen LogP contribution in [0.4, 0.5) is 5.69 Å². The Balaban J connectivity index is 1.77. The van der Waals surface area contributed by atoms with E-state index in [9.17, 15) is 9.59 Å². The van der Waals surface area contributed by atoms with Gasteiger partial charge in [-0.1, -0.05) is 0 Å². The van der Waals surface area contributed by atoms with Gasteiger partial charge in [0.25, 0.3) is 5.91 Å².